The van der Waals surface area contributed by atoms with Crippen molar-refractivity contribution in [3.05, 3.63) is 57.5 Å². The second-order valence-electron chi connectivity index (χ2n) is 6.35. The molecule has 2 aromatic carbocycles. The molecule has 0 spiro atoms. The van der Waals surface area contributed by atoms with Crippen LogP contribution in [-0.2, 0) is 4.79 Å². The van der Waals surface area contributed by atoms with Gasteiger partial charge in [-0.05, 0) is 48.0 Å². The third-order valence-corrected chi connectivity index (χ3v) is 5.62. The summed E-state index contributed by atoms with van der Waals surface area (Å²) in [4.78, 5) is 16.7. The van der Waals surface area contributed by atoms with E-state index in [1.54, 1.807) is 12.2 Å². The minimum Gasteiger partial charge on any atom is -0.454 e. The topological polar surface area (TPSA) is 42.0 Å². The first-order chi connectivity index (χ1) is 13.1. The lowest BCUT2D eigenvalue weighted by molar-refractivity contribution is -0.126. The first kappa shape index (κ1) is 18.2. The van der Waals surface area contributed by atoms with Gasteiger partial charge in [0.25, 0.3) is 0 Å². The van der Waals surface area contributed by atoms with E-state index in [4.69, 9.17) is 21.1 Å². The molecule has 0 saturated carbocycles. The average molecular weight is 450 g/mol. The molecule has 2 aliphatic rings. The van der Waals surface area contributed by atoms with Crippen LogP contribution < -0.4 is 14.4 Å². The van der Waals surface area contributed by atoms with Gasteiger partial charge < -0.3 is 19.3 Å². The highest BCUT2D eigenvalue weighted by molar-refractivity contribution is 9.10. The lowest BCUT2D eigenvalue weighted by atomic mass is 10.2. The fraction of sp³-hybridized carbons (Fsp3) is 0.250. The summed E-state index contributed by atoms with van der Waals surface area (Å²) < 4.78 is 11.6. The third-order valence-electron chi connectivity index (χ3n) is 4.68. The van der Waals surface area contributed by atoms with E-state index in [1.807, 2.05) is 41.3 Å². The van der Waals surface area contributed by atoms with Crippen molar-refractivity contribution in [1.29, 1.82) is 0 Å². The van der Waals surface area contributed by atoms with E-state index in [9.17, 15) is 4.79 Å². The summed E-state index contributed by atoms with van der Waals surface area (Å²) in [5, 5.41) is 0.729. The highest BCUT2D eigenvalue weighted by Gasteiger charge is 2.20. The van der Waals surface area contributed by atoms with Gasteiger partial charge in [0.15, 0.2) is 11.5 Å². The molecule has 4 rings (SSSR count). The van der Waals surface area contributed by atoms with Crippen LogP contribution in [0.15, 0.2) is 46.9 Å². The van der Waals surface area contributed by atoms with E-state index in [2.05, 4.69) is 20.8 Å². The molecule has 2 aliphatic heterocycles. The second kappa shape index (κ2) is 7.82. The van der Waals surface area contributed by atoms with E-state index in [0.717, 1.165) is 33.8 Å². The Morgan fingerprint density at radius 1 is 1.04 bits per heavy atom. The Labute approximate surface area is 171 Å². The van der Waals surface area contributed by atoms with Gasteiger partial charge in [-0.15, -0.1) is 0 Å². The summed E-state index contributed by atoms with van der Waals surface area (Å²) in [5.74, 6) is 1.42. The largest absolute Gasteiger partial charge is 0.454 e. The Bertz CT molecular complexity index is 878. The molecule has 0 N–H and O–H groups in total. The van der Waals surface area contributed by atoms with Gasteiger partial charge in [0.05, 0.1) is 0 Å². The summed E-state index contributed by atoms with van der Waals surface area (Å²) in [7, 11) is 0. The molecule has 0 atom stereocenters. The summed E-state index contributed by atoms with van der Waals surface area (Å²) >= 11 is 9.45. The molecule has 140 valence electrons. The second-order valence-corrected chi connectivity index (χ2v) is 7.64. The Balaban J connectivity index is 1.37. The van der Waals surface area contributed by atoms with Crippen molar-refractivity contribution in [2.45, 2.75) is 0 Å². The number of hydrogen-bond donors (Lipinski definition) is 0. The van der Waals surface area contributed by atoms with E-state index in [1.165, 1.54) is 0 Å². The lowest BCUT2D eigenvalue weighted by Crippen LogP contribution is -2.48. The van der Waals surface area contributed by atoms with Gasteiger partial charge in [0.1, 0.15) is 0 Å². The summed E-state index contributed by atoms with van der Waals surface area (Å²) in [6.07, 6.45) is 3.42. The Hall–Kier alpha value is -2.18. The predicted octanol–water partition coefficient (Wildman–Crippen LogP) is 4.19. The number of piperazine rings is 1. The quantitative estimate of drug-likeness (QED) is 0.659. The van der Waals surface area contributed by atoms with Gasteiger partial charge in [-0.25, -0.2) is 0 Å². The highest BCUT2D eigenvalue weighted by Crippen LogP contribution is 2.37. The van der Waals surface area contributed by atoms with Gasteiger partial charge in [0, 0.05) is 47.4 Å². The molecule has 1 amide bonds. The van der Waals surface area contributed by atoms with Crippen molar-refractivity contribution in [2.75, 3.05) is 37.9 Å². The van der Waals surface area contributed by atoms with Crippen molar-refractivity contribution < 1.29 is 14.3 Å². The number of amides is 1. The van der Waals surface area contributed by atoms with Crippen molar-refractivity contribution in [3.63, 3.8) is 0 Å². The third kappa shape index (κ3) is 4.06. The highest BCUT2D eigenvalue weighted by atomic mass is 79.9. The molecule has 0 bridgehead atoms. The van der Waals surface area contributed by atoms with Crippen molar-refractivity contribution in [1.82, 2.24) is 4.90 Å². The molecule has 7 heteroatoms. The van der Waals surface area contributed by atoms with Crippen LogP contribution >= 0.6 is 27.5 Å². The molecule has 2 aromatic rings. The zero-order chi connectivity index (χ0) is 18.8. The van der Waals surface area contributed by atoms with Crippen LogP contribution in [0.5, 0.6) is 11.5 Å². The zero-order valence-corrected chi connectivity index (χ0v) is 16.9. The van der Waals surface area contributed by atoms with E-state index in [-0.39, 0.29) is 12.7 Å². The first-order valence-corrected chi connectivity index (χ1v) is 9.84. The van der Waals surface area contributed by atoms with Crippen LogP contribution in [0.3, 0.4) is 0 Å². The molecular formula is C20H18BrClN2O3. The van der Waals surface area contributed by atoms with Crippen molar-refractivity contribution in [3.8, 4) is 11.5 Å². The molecule has 1 fully saturated rings. The standard InChI is InChI=1S/C20H18BrClN2O3/c21-17-12-19-18(26-13-27-19)11-14(17)1-6-20(25)24-9-7-23(8-10-24)16-4-2-15(22)3-5-16/h1-6,11-12H,7-10,13H2. The van der Waals surface area contributed by atoms with Gasteiger partial charge >= 0.3 is 0 Å². The number of benzene rings is 2. The normalized spacial score (nSPS) is 16.2. The number of carbonyl (C=O) groups is 1. The fourth-order valence-electron chi connectivity index (χ4n) is 3.16. The molecule has 27 heavy (non-hydrogen) atoms. The van der Waals surface area contributed by atoms with Gasteiger partial charge in [-0.1, -0.05) is 27.5 Å². The first-order valence-electron chi connectivity index (χ1n) is 8.67. The predicted molar refractivity (Wildman–Crippen MR) is 110 cm³/mol. The molecule has 0 aliphatic carbocycles. The maximum absolute atomic E-state index is 12.5. The number of halogens is 2. The summed E-state index contributed by atoms with van der Waals surface area (Å²) in [6.45, 7) is 3.21. The Kier molecular flexibility index (Phi) is 5.27. The van der Waals surface area contributed by atoms with Crippen LogP contribution in [0.4, 0.5) is 5.69 Å². The van der Waals surface area contributed by atoms with Crippen LogP contribution in [0, 0.1) is 0 Å². The molecule has 1 saturated heterocycles. The summed E-state index contributed by atoms with van der Waals surface area (Å²) in [6, 6.07) is 11.5. The number of rotatable bonds is 3. The van der Waals surface area contributed by atoms with Gasteiger partial charge in [0.2, 0.25) is 12.7 Å². The van der Waals surface area contributed by atoms with E-state index < -0.39 is 0 Å². The van der Waals surface area contributed by atoms with E-state index >= 15 is 0 Å². The number of nitrogens with zero attached hydrogens (tertiary/aromatic N) is 2. The zero-order valence-electron chi connectivity index (χ0n) is 14.5. The Morgan fingerprint density at radius 3 is 2.41 bits per heavy atom. The van der Waals surface area contributed by atoms with Gasteiger partial charge in [-0.2, -0.15) is 0 Å². The molecule has 2 heterocycles. The number of anilines is 1. The van der Waals surface area contributed by atoms with E-state index in [0.29, 0.717) is 24.6 Å². The minimum absolute atomic E-state index is 0.00956. The fourth-order valence-corrected chi connectivity index (χ4v) is 3.74. The van der Waals surface area contributed by atoms with Crippen LogP contribution in [0.2, 0.25) is 5.02 Å². The minimum atomic E-state index is 0.00956. The lowest BCUT2D eigenvalue weighted by Gasteiger charge is -2.35. The number of fused-ring (bicyclic) bond motifs is 1. The monoisotopic (exact) mass is 448 g/mol. The maximum Gasteiger partial charge on any atom is 0.246 e. The molecule has 5 nitrogen and oxygen atoms in total. The molecular weight excluding hydrogens is 432 g/mol. The van der Waals surface area contributed by atoms with Crippen molar-refractivity contribution in [2.24, 2.45) is 0 Å². The smallest absolute Gasteiger partial charge is 0.246 e. The van der Waals surface area contributed by atoms with Crippen molar-refractivity contribution >= 4 is 45.2 Å². The molecule has 0 radical (unpaired) electrons. The maximum atomic E-state index is 12.5. The molecule has 0 unspecified atom stereocenters. The summed E-state index contributed by atoms with van der Waals surface area (Å²) in [5.41, 5.74) is 2.01. The SMILES string of the molecule is O=C(C=Cc1cc2c(cc1Br)OCO2)N1CCN(c2ccc(Cl)cc2)CC1. The Morgan fingerprint density at radius 2 is 1.70 bits per heavy atom. The molecule has 0 aromatic heterocycles. The number of ether oxygens (including phenoxy) is 2. The van der Waals surface area contributed by atoms with Crippen LogP contribution in [0.25, 0.3) is 6.08 Å². The van der Waals surface area contributed by atoms with Crippen LogP contribution in [0.1, 0.15) is 5.56 Å². The average Bonchev–Trinajstić information content (AvgIpc) is 3.13. The van der Waals surface area contributed by atoms with Crippen LogP contribution in [-0.4, -0.2) is 43.8 Å². The number of carbonyl (C=O) groups excluding carboxylic acids is 1. The van der Waals surface area contributed by atoms with Gasteiger partial charge in [-0.3, -0.25) is 4.79 Å². The number of hydrogen-bond acceptors (Lipinski definition) is 4.